The highest BCUT2D eigenvalue weighted by molar-refractivity contribution is 7.09. The molecular formula is C13H20N2O3S. The highest BCUT2D eigenvalue weighted by Gasteiger charge is 2.19. The molecule has 0 radical (unpaired) electrons. The van der Waals surface area contributed by atoms with E-state index in [-0.39, 0.29) is 24.5 Å². The van der Waals surface area contributed by atoms with Crippen molar-refractivity contribution < 1.29 is 14.7 Å². The standard InChI is InChI=1S/C13H20N2O3S/c1-9(7-12(16)17)14-13(18)15(3)10(2)8-11-5-4-6-19-11/h4-6,9-10H,7-8H2,1-3H3,(H,14,18)(H,16,17). The Morgan fingerprint density at radius 2 is 2.16 bits per heavy atom. The van der Waals surface area contributed by atoms with Gasteiger partial charge >= 0.3 is 12.0 Å². The Labute approximate surface area is 117 Å². The van der Waals surface area contributed by atoms with Crippen molar-refractivity contribution in [3.05, 3.63) is 22.4 Å². The Hall–Kier alpha value is -1.56. The van der Waals surface area contributed by atoms with Crippen LogP contribution in [0.4, 0.5) is 4.79 Å². The molecule has 1 aromatic heterocycles. The molecule has 0 saturated heterocycles. The van der Waals surface area contributed by atoms with Crippen LogP contribution >= 0.6 is 11.3 Å². The first-order valence-electron chi connectivity index (χ1n) is 6.17. The minimum absolute atomic E-state index is 0.0654. The number of carboxylic acids is 1. The van der Waals surface area contributed by atoms with E-state index < -0.39 is 5.97 Å². The minimum atomic E-state index is -0.915. The topological polar surface area (TPSA) is 69.6 Å². The molecule has 2 atom stereocenters. The zero-order chi connectivity index (χ0) is 14.4. The number of urea groups is 1. The van der Waals surface area contributed by atoms with E-state index in [0.29, 0.717) is 0 Å². The van der Waals surface area contributed by atoms with Crippen LogP contribution in [0.25, 0.3) is 0 Å². The second kappa shape index (κ2) is 7.13. The third-order valence-corrected chi connectivity index (χ3v) is 3.81. The van der Waals surface area contributed by atoms with Gasteiger partial charge in [0.05, 0.1) is 6.42 Å². The number of carbonyl (C=O) groups excluding carboxylic acids is 1. The normalized spacial score (nSPS) is 13.6. The molecule has 1 aromatic rings. The summed E-state index contributed by atoms with van der Waals surface area (Å²) in [5.41, 5.74) is 0. The lowest BCUT2D eigenvalue weighted by Gasteiger charge is -2.26. The smallest absolute Gasteiger partial charge is 0.317 e. The van der Waals surface area contributed by atoms with E-state index in [1.54, 1.807) is 30.2 Å². The van der Waals surface area contributed by atoms with Crippen molar-refractivity contribution in [2.24, 2.45) is 0 Å². The molecule has 0 aliphatic heterocycles. The van der Waals surface area contributed by atoms with Crippen molar-refractivity contribution in [1.82, 2.24) is 10.2 Å². The van der Waals surface area contributed by atoms with Crippen molar-refractivity contribution in [2.75, 3.05) is 7.05 Å². The predicted octanol–water partition coefficient (Wildman–Crippen LogP) is 2.18. The summed E-state index contributed by atoms with van der Waals surface area (Å²) < 4.78 is 0. The van der Waals surface area contributed by atoms with E-state index in [1.165, 1.54) is 4.88 Å². The number of likely N-dealkylation sites (N-methyl/N-ethyl adjacent to an activating group) is 1. The summed E-state index contributed by atoms with van der Waals surface area (Å²) in [6.45, 7) is 3.66. The maximum absolute atomic E-state index is 11.9. The molecule has 6 heteroatoms. The molecule has 1 rings (SSSR count). The van der Waals surface area contributed by atoms with Crippen molar-refractivity contribution in [1.29, 1.82) is 0 Å². The number of carbonyl (C=O) groups is 2. The number of amides is 2. The highest BCUT2D eigenvalue weighted by atomic mass is 32.1. The molecule has 19 heavy (non-hydrogen) atoms. The van der Waals surface area contributed by atoms with Gasteiger partial charge in [-0.3, -0.25) is 4.79 Å². The number of nitrogens with zero attached hydrogens (tertiary/aromatic N) is 1. The van der Waals surface area contributed by atoms with Crippen molar-refractivity contribution in [3.8, 4) is 0 Å². The molecular weight excluding hydrogens is 264 g/mol. The van der Waals surface area contributed by atoms with Crippen LogP contribution in [0, 0.1) is 0 Å². The number of carboxylic acid groups (broad SMARTS) is 1. The largest absolute Gasteiger partial charge is 0.481 e. The van der Waals surface area contributed by atoms with Crippen LogP contribution in [-0.2, 0) is 11.2 Å². The van der Waals surface area contributed by atoms with E-state index in [9.17, 15) is 9.59 Å². The lowest BCUT2D eigenvalue weighted by molar-refractivity contribution is -0.137. The van der Waals surface area contributed by atoms with Crippen molar-refractivity contribution in [2.45, 2.75) is 38.8 Å². The molecule has 106 valence electrons. The first-order valence-corrected chi connectivity index (χ1v) is 7.05. The van der Waals surface area contributed by atoms with Crippen molar-refractivity contribution >= 4 is 23.3 Å². The van der Waals surface area contributed by atoms with Crippen LogP contribution in [0.5, 0.6) is 0 Å². The number of thiophene rings is 1. The quantitative estimate of drug-likeness (QED) is 0.841. The van der Waals surface area contributed by atoms with Gasteiger partial charge in [0.1, 0.15) is 0 Å². The molecule has 5 nitrogen and oxygen atoms in total. The molecule has 0 saturated carbocycles. The van der Waals surface area contributed by atoms with Gasteiger partial charge in [0, 0.05) is 30.4 Å². The first-order chi connectivity index (χ1) is 8.90. The van der Waals surface area contributed by atoms with Crippen LogP contribution in [0.2, 0.25) is 0 Å². The Balaban J connectivity index is 2.44. The molecule has 2 N–H and O–H groups in total. The van der Waals surface area contributed by atoms with Crippen LogP contribution in [-0.4, -0.2) is 41.1 Å². The van der Waals surface area contributed by atoms with E-state index in [1.807, 2.05) is 24.4 Å². The minimum Gasteiger partial charge on any atom is -0.481 e. The summed E-state index contributed by atoms with van der Waals surface area (Å²) >= 11 is 1.67. The van der Waals surface area contributed by atoms with Gasteiger partial charge in [-0.2, -0.15) is 0 Å². The number of hydrogen-bond acceptors (Lipinski definition) is 3. The molecule has 2 amide bonds. The van der Waals surface area contributed by atoms with Gasteiger partial charge in [0.25, 0.3) is 0 Å². The Morgan fingerprint density at radius 1 is 1.47 bits per heavy atom. The second-order valence-corrected chi connectivity index (χ2v) is 5.72. The first kappa shape index (κ1) is 15.5. The maximum atomic E-state index is 11.9. The summed E-state index contributed by atoms with van der Waals surface area (Å²) in [4.78, 5) is 25.3. The SMILES string of the molecule is CC(CC(=O)O)NC(=O)N(C)C(C)Cc1cccs1. The molecule has 0 aliphatic rings. The van der Waals surface area contributed by atoms with Crippen LogP contribution in [0.15, 0.2) is 17.5 Å². The van der Waals surface area contributed by atoms with Gasteiger partial charge in [0.15, 0.2) is 0 Å². The molecule has 0 aromatic carbocycles. The molecule has 0 fully saturated rings. The number of aliphatic carboxylic acids is 1. The fraction of sp³-hybridized carbons (Fsp3) is 0.538. The van der Waals surface area contributed by atoms with Crippen LogP contribution in [0.1, 0.15) is 25.1 Å². The molecule has 0 bridgehead atoms. The summed E-state index contributed by atoms with van der Waals surface area (Å²) in [6, 6.07) is 3.48. The van der Waals surface area contributed by atoms with Crippen molar-refractivity contribution in [3.63, 3.8) is 0 Å². The number of nitrogens with one attached hydrogen (secondary N) is 1. The monoisotopic (exact) mass is 284 g/mol. The lowest BCUT2D eigenvalue weighted by atomic mass is 10.2. The third-order valence-electron chi connectivity index (χ3n) is 2.91. The van der Waals surface area contributed by atoms with Gasteiger partial charge < -0.3 is 15.3 Å². The van der Waals surface area contributed by atoms with Gasteiger partial charge in [0.2, 0.25) is 0 Å². The average molecular weight is 284 g/mol. The molecule has 1 heterocycles. The maximum Gasteiger partial charge on any atom is 0.317 e. The Morgan fingerprint density at radius 3 is 2.68 bits per heavy atom. The summed E-state index contributed by atoms with van der Waals surface area (Å²) in [6.07, 6.45) is 0.730. The fourth-order valence-corrected chi connectivity index (χ4v) is 2.51. The molecule has 2 unspecified atom stereocenters. The number of rotatable bonds is 6. The highest BCUT2D eigenvalue weighted by Crippen LogP contribution is 2.13. The molecule has 0 aliphatic carbocycles. The van der Waals surface area contributed by atoms with Gasteiger partial charge in [-0.25, -0.2) is 4.79 Å². The van der Waals surface area contributed by atoms with Gasteiger partial charge in [-0.15, -0.1) is 11.3 Å². The fourth-order valence-electron chi connectivity index (χ4n) is 1.68. The van der Waals surface area contributed by atoms with Gasteiger partial charge in [-0.1, -0.05) is 6.07 Å². The van der Waals surface area contributed by atoms with E-state index >= 15 is 0 Å². The predicted molar refractivity (Wildman–Crippen MR) is 75.5 cm³/mol. The van der Waals surface area contributed by atoms with E-state index in [2.05, 4.69) is 5.32 Å². The second-order valence-electron chi connectivity index (χ2n) is 4.69. The Kier molecular flexibility index (Phi) is 5.82. The lowest BCUT2D eigenvalue weighted by Crippen LogP contribution is -2.46. The van der Waals surface area contributed by atoms with Crippen LogP contribution in [0.3, 0.4) is 0 Å². The number of hydrogen-bond donors (Lipinski definition) is 2. The zero-order valence-corrected chi connectivity index (χ0v) is 12.2. The Bertz CT molecular complexity index is 420. The van der Waals surface area contributed by atoms with E-state index in [0.717, 1.165) is 6.42 Å². The zero-order valence-electron chi connectivity index (χ0n) is 11.4. The van der Waals surface area contributed by atoms with Crippen LogP contribution < -0.4 is 5.32 Å². The van der Waals surface area contributed by atoms with E-state index in [4.69, 9.17) is 5.11 Å². The summed E-state index contributed by atoms with van der Waals surface area (Å²) in [7, 11) is 1.72. The third kappa shape index (κ3) is 5.30. The molecule has 0 spiro atoms. The van der Waals surface area contributed by atoms with Gasteiger partial charge in [-0.05, 0) is 25.3 Å². The summed E-state index contributed by atoms with van der Waals surface area (Å²) in [5, 5.41) is 13.3. The average Bonchev–Trinajstić information content (AvgIpc) is 2.79. The summed E-state index contributed by atoms with van der Waals surface area (Å²) in [5.74, 6) is -0.915.